The third kappa shape index (κ3) is 5.04. The second kappa shape index (κ2) is 10.7. The average molecular weight is 475 g/mol. The van der Waals surface area contributed by atoms with E-state index in [1.165, 1.54) is 64.2 Å². The average Bonchev–Trinajstić information content (AvgIpc) is 3.15. The second-order valence-electron chi connectivity index (χ2n) is 13.7. The van der Waals surface area contributed by atoms with Gasteiger partial charge in [-0.3, -0.25) is 0 Å². The second-order valence-corrected chi connectivity index (χ2v) is 13.7. The molecule has 3 N–H and O–H groups in total. The number of carbonyl (C=O) groups excluding carboxylic acids is 1. The fraction of sp³-hybridized carbons (Fsp3) is 0.967. The Kier molecular flexibility index (Phi) is 8.27. The molecule has 0 saturated heterocycles. The Bertz CT molecular complexity index is 695. The molecule has 4 saturated carbocycles. The van der Waals surface area contributed by atoms with Crippen LogP contribution in [-0.4, -0.2) is 25.3 Å². The summed E-state index contributed by atoms with van der Waals surface area (Å²) >= 11 is 0. The SMILES string of the molecule is CC(C)CCC[C@@H](C)[C@H]1CC[C@H]2[C@@H]3CC[C@H]4C[C@@H](OC(=O)NCCN)CC[C@]4(C)[C@H]3CC[C@]12C. The topological polar surface area (TPSA) is 64.3 Å². The maximum atomic E-state index is 12.1. The highest BCUT2D eigenvalue weighted by molar-refractivity contribution is 5.67. The van der Waals surface area contributed by atoms with Gasteiger partial charge >= 0.3 is 6.09 Å². The molecule has 4 heteroatoms. The normalized spacial score (nSPS) is 42.4. The van der Waals surface area contributed by atoms with Crippen molar-refractivity contribution < 1.29 is 9.53 Å². The van der Waals surface area contributed by atoms with E-state index >= 15 is 0 Å². The van der Waals surface area contributed by atoms with Crippen molar-refractivity contribution in [3.05, 3.63) is 0 Å². The van der Waals surface area contributed by atoms with Crippen molar-refractivity contribution in [1.82, 2.24) is 5.32 Å². The maximum absolute atomic E-state index is 12.1. The maximum Gasteiger partial charge on any atom is 0.407 e. The van der Waals surface area contributed by atoms with E-state index in [9.17, 15) is 4.79 Å². The quantitative estimate of drug-likeness (QED) is 0.392. The van der Waals surface area contributed by atoms with Gasteiger partial charge in [0.15, 0.2) is 0 Å². The van der Waals surface area contributed by atoms with Crippen molar-refractivity contribution in [2.75, 3.05) is 13.1 Å². The standard InChI is InChI=1S/C30H54N2O2/c1-20(2)7-6-8-21(3)25-11-12-26-24-10-9-22-19-23(34-28(33)32-18-17-31)13-15-29(22,4)27(24)14-16-30(25,26)5/h20-27H,6-19,31H2,1-5H3,(H,32,33)/t21-,22+,23+,24+,25-,26+,27+,29+,30-/m1/s1. The van der Waals surface area contributed by atoms with Crippen LogP contribution in [0.1, 0.15) is 112 Å². The molecule has 0 unspecified atom stereocenters. The number of hydrogen-bond acceptors (Lipinski definition) is 3. The predicted molar refractivity (Wildman–Crippen MR) is 140 cm³/mol. The lowest BCUT2D eigenvalue weighted by molar-refractivity contribution is -0.129. The van der Waals surface area contributed by atoms with Crippen LogP contribution in [0.5, 0.6) is 0 Å². The first kappa shape index (κ1) is 26.3. The highest BCUT2D eigenvalue weighted by Gasteiger charge is 2.60. The number of alkyl carbamates (subject to hydrolysis) is 1. The number of carbonyl (C=O) groups is 1. The molecule has 0 aromatic carbocycles. The fourth-order valence-electron chi connectivity index (χ4n) is 9.72. The summed E-state index contributed by atoms with van der Waals surface area (Å²) in [5.41, 5.74) is 6.53. The third-order valence-electron chi connectivity index (χ3n) is 11.5. The lowest BCUT2D eigenvalue weighted by atomic mass is 9.44. The molecule has 0 spiro atoms. The third-order valence-corrected chi connectivity index (χ3v) is 11.5. The number of fused-ring (bicyclic) bond motifs is 5. The Labute approximate surface area is 209 Å². The van der Waals surface area contributed by atoms with E-state index in [4.69, 9.17) is 10.5 Å². The summed E-state index contributed by atoms with van der Waals surface area (Å²) in [7, 11) is 0. The molecule has 0 bridgehead atoms. The molecule has 0 aromatic heterocycles. The number of hydrogen-bond donors (Lipinski definition) is 2. The fourth-order valence-corrected chi connectivity index (χ4v) is 9.72. The van der Waals surface area contributed by atoms with Gasteiger partial charge < -0.3 is 15.8 Å². The number of rotatable bonds is 8. The van der Waals surface area contributed by atoms with Crippen LogP contribution in [-0.2, 0) is 4.74 Å². The largest absolute Gasteiger partial charge is 0.446 e. The molecular formula is C30H54N2O2. The molecule has 4 aliphatic rings. The molecule has 4 fully saturated rings. The molecule has 0 heterocycles. The molecule has 9 atom stereocenters. The van der Waals surface area contributed by atoms with Crippen LogP contribution < -0.4 is 11.1 Å². The zero-order valence-corrected chi connectivity index (χ0v) is 22.9. The lowest BCUT2D eigenvalue weighted by Gasteiger charge is -2.61. The monoisotopic (exact) mass is 474 g/mol. The van der Waals surface area contributed by atoms with E-state index in [1.54, 1.807) is 0 Å². The first-order valence-electron chi connectivity index (χ1n) is 14.8. The first-order valence-corrected chi connectivity index (χ1v) is 14.8. The number of nitrogens with two attached hydrogens (primary N) is 1. The molecule has 0 radical (unpaired) electrons. The Balaban J connectivity index is 1.38. The minimum absolute atomic E-state index is 0.0869. The molecule has 0 aromatic rings. The van der Waals surface area contributed by atoms with Gasteiger partial charge in [-0.25, -0.2) is 4.79 Å². The molecule has 4 aliphatic carbocycles. The lowest BCUT2D eigenvalue weighted by Crippen LogP contribution is -2.54. The smallest absolute Gasteiger partial charge is 0.407 e. The first-order chi connectivity index (χ1) is 16.2. The van der Waals surface area contributed by atoms with Crippen molar-refractivity contribution in [1.29, 1.82) is 0 Å². The zero-order valence-electron chi connectivity index (χ0n) is 22.9. The summed E-state index contributed by atoms with van der Waals surface area (Å²) < 4.78 is 5.79. The molecule has 34 heavy (non-hydrogen) atoms. The Morgan fingerprint density at radius 1 is 0.971 bits per heavy atom. The van der Waals surface area contributed by atoms with Gasteiger partial charge in [-0.1, -0.05) is 53.9 Å². The molecule has 4 nitrogen and oxygen atoms in total. The minimum atomic E-state index is -0.277. The van der Waals surface area contributed by atoms with E-state index in [2.05, 4.69) is 39.9 Å². The predicted octanol–water partition coefficient (Wildman–Crippen LogP) is 7.16. The summed E-state index contributed by atoms with van der Waals surface area (Å²) in [6.07, 6.45) is 15.9. The van der Waals surface area contributed by atoms with Crippen molar-refractivity contribution >= 4 is 6.09 Å². The number of ether oxygens (including phenoxy) is 1. The van der Waals surface area contributed by atoms with Crippen molar-refractivity contribution in [3.8, 4) is 0 Å². The van der Waals surface area contributed by atoms with Crippen LogP contribution in [0.15, 0.2) is 0 Å². The molecule has 0 aliphatic heterocycles. The van der Waals surface area contributed by atoms with Gasteiger partial charge in [-0.2, -0.15) is 0 Å². The molecular weight excluding hydrogens is 420 g/mol. The number of nitrogens with one attached hydrogen (secondary N) is 1. The van der Waals surface area contributed by atoms with Crippen molar-refractivity contribution in [2.45, 2.75) is 118 Å². The van der Waals surface area contributed by atoms with Crippen molar-refractivity contribution in [2.24, 2.45) is 58.0 Å². The molecule has 1 amide bonds. The summed E-state index contributed by atoms with van der Waals surface area (Å²) in [5.74, 6) is 6.13. The summed E-state index contributed by atoms with van der Waals surface area (Å²) in [6.45, 7) is 13.6. The van der Waals surface area contributed by atoms with Gasteiger partial charge in [0.05, 0.1) is 0 Å². The van der Waals surface area contributed by atoms with Gasteiger partial charge in [0.2, 0.25) is 0 Å². The van der Waals surface area contributed by atoms with Crippen LogP contribution in [0.2, 0.25) is 0 Å². The highest BCUT2D eigenvalue weighted by atomic mass is 16.6. The molecule has 4 rings (SSSR count). The van der Waals surface area contributed by atoms with E-state index in [1.807, 2.05) is 0 Å². The van der Waals surface area contributed by atoms with Gasteiger partial charge in [-0.15, -0.1) is 0 Å². The van der Waals surface area contributed by atoms with E-state index in [-0.39, 0.29) is 12.2 Å². The Morgan fingerprint density at radius 3 is 2.44 bits per heavy atom. The van der Waals surface area contributed by atoms with Gasteiger partial charge in [0, 0.05) is 13.1 Å². The van der Waals surface area contributed by atoms with Crippen LogP contribution in [0, 0.1) is 52.3 Å². The van der Waals surface area contributed by atoms with Gasteiger partial charge in [-0.05, 0) is 110 Å². The van der Waals surface area contributed by atoms with Gasteiger partial charge in [0.25, 0.3) is 0 Å². The van der Waals surface area contributed by atoms with Crippen LogP contribution >= 0.6 is 0 Å². The van der Waals surface area contributed by atoms with E-state index in [0.29, 0.717) is 29.8 Å². The minimum Gasteiger partial charge on any atom is -0.446 e. The highest BCUT2D eigenvalue weighted by Crippen LogP contribution is 2.68. The summed E-state index contributed by atoms with van der Waals surface area (Å²) in [6, 6.07) is 0. The zero-order chi connectivity index (χ0) is 24.5. The van der Waals surface area contributed by atoms with Crippen molar-refractivity contribution in [3.63, 3.8) is 0 Å². The van der Waals surface area contributed by atoms with Gasteiger partial charge in [0.1, 0.15) is 6.10 Å². The summed E-state index contributed by atoms with van der Waals surface area (Å²) in [5, 5.41) is 2.78. The van der Waals surface area contributed by atoms with E-state index < -0.39 is 0 Å². The van der Waals surface area contributed by atoms with Crippen LogP contribution in [0.4, 0.5) is 4.79 Å². The van der Waals surface area contributed by atoms with Crippen LogP contribution in [0.3, 0.4) is 0 Å². The Morgan fingerprint density at radius 2 is 1.71 bits per heavy atom. The van der Waals surface area contributed by atoms with Crippen LogP contribution in [0.25, 0.3) is 0 Å². The number of amides is 1. The van der Waals surface area contributed by atoms with E-state index in [0.717, 1.165) is 48.3 Å². The molecule has 196 valence electrons. The Hall–Kier alpha value is -0.770. The summed E-state index contributed by atoms with van der Waals surface area (Å²) in [4.78, 5) is 12.1.